The van der Waals surface area contributed by atoms with Gasteiger partial charge in [0.15, 0.2) is 0 Å². The molecule has 1 aliphatic carbocycles. The number of anilines is 1. The van der Waals surface area contributed by atoms with Crippen molar-refractivity contribution in [3.05, 3.63) is 42.0 Å². The summed E-state index contributed by atoms with van der Waals surface area (Å²) in [4.78, 5) is 12.1. The molecule has 0 aliphatic heterocycles. The fraction of sp³-hybridized carbons (Fsp3) is 0.312. The first-order valence-corrected chi connectivity index (χ1v) is 6.80. The SMILES string of the molecule is Nc1cc2ccccc2cc1C(=O)NCCC1CC1. The van der Waals surface area contributed by atoms with Gasteiger partial charge in [-0.15, -0.1) is 0 Å². The average molecular weight is 254 g/mol. The molecule has 3 N–H and O–H groups in total. The summed E-state index contributed by atoms with van der Waals surface area (Å²) in [5, 5.41) is 5.07. The molecule has 0 aromatic heterocycles. The Morgan fingerprint density at radius 1 is 1.21 bits per heavy atom. The molecule has 3 nitrogen and oxygen atoms in total. The van der Waals surface area contributed by atoms with Crippen molar-refractivity contribution in [2.24, 2.45) is 5.92 Å². The Labute approximate surface area is 112 Å². The molecule has 2 aromatic rings. The van der Waals surface area contributed by atoms with Crippen molar-refractivity contribution in [3.8, 4) is 0 Å². The van der Waals surface area contributed by atoms with Crippen LogP contribution in [0.25, 0.3) is 10.8 Å². The van der Waals surface area contributed by atoms with Gasteiger partial charge in [-0.25, -0.2) is 0 Å². The van der Waals surface area contributed by atoms with Crippen molar-refractivity contribution in [1.29, 1.82) is 0 Å². The van der Waals surface area contributed by atoms with Gasteiger partial charge in [-0.2, -0.15) is 0 Å². The van der Waals surface area contributed by atoms with Crippen LogP contribution in [0, 0.1) is 5.92 Å². The molecule has 0 heterocycles. The zero-order valence-electron chi connectivity index (χ0n) is 10.9. The van der Waals surface area contributed by atoms with Crippen molar-refractivity contribution >= 4 is 22.4 Å². The molecular weight excluding hydrogens is 236 g/mol. The second kappa shape index (κ2) is 4.92. The van der Waals surface area contributed by atoms with E-state index in [0.717, 1.165) is 29.7 Å². The lowest BCUT2D eigenvalue weighted by Crippen LogP contribution is -2.25. The van der Waals surface area contributed by atoms with E-state index in [4.69, 9.17) is 5.73 Å². The number of carbonyl (C=O) groups is 1. The van der Waals surface area contributed by atoms with Crippen molar-refractivity contribution in [2.45, 2.75) is 19.3 Å². The van der Waals surface area contributed by atoms with Crippen LogP contribution in [0.1, 0.15) is 29.6 Å². The van der Waals surface area contributed by atoms with Gasteiger partial charge in [0.05, 0.1) is 5.56 Å². The molecule has 2 aromatic carbocycles. The smallest absolute Gasteiger partial charge is 0.253 e. The zero-order chi connectivity index (χ0) is 13.2. The van der Waals surface area contributed by atoms with Crippen LogP contribution in [0.15, 0.2) is 36.4 Å². The minimum Gasteiger partial charge on any atom is -0.398 e. The van der Waals surface area contributed by atoms with Crippen LogP contribution >= 0.6 is 0 Å². The van der Waals surface area contributed by atoms with Crippen LogP contribution in [0.4, 0.5) is 5.69 Å². The number of fused-ring (bicyclic) bond motifs is 1. The Kier molecular flexibility index (Phi) is 3.11. The second-order valence-electron chi connectivity index (χ2n) is 5.27. The lowest BCUT2D eigenvalue weighted by atomic mass is 10.0. The summed E-state index contributed by atoms with van der Waals surface area (Å²) in [6, 6.07) is 11.7. The van der Waals surface area contributed by atoms with Crippen molar-refractivity contribution < 1.29 is 4.79 Å². The summed E-state index contributed by atoms with van der Waals surface area (Å²) >= 11 is 0. The predicted molar refractivity (Wildman–Crippen MR) is 78.0 cm³/mol. The number of carbonyl (C=O) groups excluding carboxylic acids is 1. The van der Waals surface area contributed by atoms with Crippen molar-refractivity contribution in [2.75, 3.05) is 12.3 Å². The van der Waals surface area contributed by atoms with Gasteiger partial charge in [0.25, 0.3) is 5.91 Å². The average Bonchev–Trinajstić information content (AvgIpc) is 3.22. The number of nitrogen functional groups attached to an aromatic ring is 1. The molecule has 1 fully saturated rings. The molecule has 1 saturated carbocycles. The summed E-state index contributed by atoms with van der Waals surface area (Å²) in [6.45, 7) is 0.746. The molecule has 1 amide bonds. The maximum atomic E-state index is 12.1. The maximum absolute atomic E-state index is 12.1. The van der Waals surface area contributed by atoms with Gasteiger partial charge >= 0.3 is 0 Å². The largest absolute Gasteiger partial charge is 0.398 e. The normalized spacial score (nSPS) is 14.5. The summed E-state index contributed by atoms with van der Waals surface area (Å²) in [6.07, 6.45) is 3.71. The molecular formula is C16H18N2O. The Balaban J connectivity index is 1.78. The van der Waals surface area contributed by atoms with Gasteiger partial charge in [0.2, 0.25) is 0 Å². The number of rotatable bonds is 4. The van der Waals surface area contributed by atoms with E-state index in [1.54, 1.807) is 0 Å². The second-order valence-corrected chi connectivity index (χ2v) is 5.27. The van der Waals surface area contributed by atoms with Crippen molar-refractivity contribution in [3.63, 3.8) is 0 Å². The number of nitrogens with one attached hydrogen (secondary N) is 1. The Hall–Kier alpha value is -2.03. The van der Waals surface area contributed by atoms with E-state index in [1.165, 1.54) is 12.8 Å². The molecule has 0 radical (unpaired) electrons. The van der Waals surface area contributed by atoms with Crippen LogP contribution in [-0.2, 0) is 0 Å². The summed E-state index contributed by atoms with van der Waals surface area (Å²) in [5.41, 5.74) is 7.09. The van der Waals surface area contributed by atoms with E-state index in [-0.39, 0.29) is 5.91 Å². The summed E-state index contributed by atoms with van der Waals surface area (Å²) in [7, 11) is 0. The minimum absolute atomic E-state index is 0.0658. The fourth-order valence-electron chi connectivity index (χ4n) is 2.35. The number of benzene rings is 2. The quantitative estimate of drug-likeness (QED) is 0.824. The molecule has 3 rings (SSSR count). The Morgan fingerprint density at radius 2 is 1.89 bits per heavy atom. The van der Waals surface area contributed by atoms with E-state index < -0.39 is 0 Å². The Bertz CT molecular complexity index is 617. The fourth-order valence-corrected chi connectivity index (χ4v) is 2.35. The van der Waals surface area contributed by atoms with Crippen LogP contribution in [-0.4, -0.2) is 12.5 Å². The maximum Gasteiger partial charge on any atom is 0.253 e. The highest BCUT2D eigenvalue weighted by molar-refractivity contribution is 6.03. The van der Waals surface area contributed by atoms with Gasteiger partial charge in [0, 0.05) is 12.2 Å². The van der Waals surface area contributed by atoms with Gasteiger partial charge in [-0.05, 0) is 35.2 Å². The number of hydrogen-bond donors (Lipinski definition) is 2. The van der Waals surface area contributed by atoms with E-state index in [1.807, 2.05) is 36.4 Å². The number of hydrogen-bond acceptors (Lipinski definition) is 2. The summed E-state index contributed by atoms with van der Waals surface area (Å²) < 4.78 is 0. The third-order valence-corrected chi connectivity index (χ3v) is 3.70. The van der Waals surface area contributed by atoms with Crippen LogP contribution < -0.4 is 11.1 Å². The highest BCUT2D eigenvalue weighted by atomic mass is 16.1. The topological polar surface area (TPSA) is 55.1 Å². The molecule has 0 spiro atoms. The predicted octanol–water partition coefficient (Wildman–Crippen LogP) is 2.95. The minimum atomic E-state index is -0.0658. The summed E-state index contributed by atoms with van der Waals surface area (Å²) in [5.74, 6) is 0.762. The third-order valence-electron chi connectivity index (χ3n) is 3.70. The molecule has 0 unspecified atom stereocenters. The van der Waals surface area contributed by atoms with E-state index >= 15 is 0 Å². The molecule has 98 valence electrons. The number of nitrogens with two attached hydrogens (primary N) is 1. The lowest BCUT2D eigenvalue weighted by Gasteiger charge is -2.09. The monoisotopic (exact) mass is 254 g/mol. The van der Waals surface area contributed by atoms with E-state index in [2.05, 4.69) is 5.32 Å². The highest BCUT2D eigenvalue weighted by Gasteiger charge is 2.21. The molecule has 3 heteroatoms. The lowest BCUT2D eigenvalue weighted by molar-refractivity contribution is 0.0953. The van der Waals surface area contributed by atoms with Gasteiger partial charge in [-0.1, -0.05) is 37.1 Å². The first-order chi connectivity index (χ1) is 9.24. The van der Waals surface area contributed by atoms with Crippen LogP contribution in [0.2, 0.25) is 0 Å². The third kappa shape index (κ3) is 2.70. The van der Waals surface area contributed by atoms with Gasteiger partial charge < -0.3 is 11.1 Å². The molecule has 0 bridgehead atoms. The molecule has 19 heavy (non-hydrogen) atoms. The molecule has 1 aliphatic rings. The van der Waals surface area contributed by atoms with E-state index in [0.29, 0.717) is 11.3 Å². The molecule has 0 atom stereocenters. The van der Waals surface area contributed by atoms with Crippen molar-refractivity contribution in [1.82, 2.24) is 5.32 Å². The first-order valence-electron chi connectivity index (χ1n) is 6.80. The van der Waals surface area contributed by atoms with E-state index in [9.17, 15) is 4.79 Å². The molecule has 0 saturated heterocycles. The van der Waals surface area contributed by atoms with Crippen LogP contribution in [0.5, 0.6) is 0 Å². The standard InChI is InChI=1S/C16H18N2O/c17-15-10-13-4-2-1-3-12(13)9-14(15)16(19)18-8-7-11-5-6-11/h1-4,9-11H,5-8,17H2,(H,18,19). The Morgan fingerprint density at radius 3 is 2.58 bits per heavy atom. The van der Waals surface area contributed by atoms with Gasteiger partial charge in [-0.3, -0.25) is 4.79 Å². The zero-order valence-corrected chi connectivity index (χ0v) is 10.9. The van der Waals surface area contributed by atoms with Crippen LogP contribution in [0.3, 0.4) is 0 Å². The van der Waals surface area contributed by atoms with Gasteiger partial charge in [0.1, 0.15) is 0 Å². The number of amides is 1. The highest BCUT2D eigenvalue weighted by Crippen LogP contribution is 2.31. The first kappa shape index (κ1) is 12.0.